The second-order valence-corrected chi connectivity index (χ2v) is 10.8. The van der Waals surface area contributed by atoms with Crippen molar-refractivity contribution in [3.05, 3.63) is 95.8 Å². The summed E-state index contributed by atoms with van der Waals surface area (Å²) >= 11 is 0. The van der Waals surface area contributed by atoms with Crippen molar-refractivity contribution in [2.75, 3.05) is 5.32 Å². The SMILES string of the molecule is CCC(C)(C)NS(=O)(=O)c1ccc(NC(=O)[C@H](Cc2ccccc2)NC(=O)c2ccc(F)cc2)cc1. The zero-order chi connectivity index (χ0) is 26.3. The van der Waals surface area contributed by atoms with Crippen LogP contribution in [0.15, 0.2) is 83.8 Å². The Hall–Kier alpha value is -3.56. The van der Waals surface area contributed by atoms with E-state index in [0.717, 1.165) is 5.56 Å². The van der Waals surface area contributed by atoms with Gasteiger partial charge in [0.25, 0.3) is 5.91 Å². The normalized spacial score (nSPS) is 12.6. The lowest BCUT2D eigenvalue weighted by Crippen LogP contribution is -2.45. The number of hydrogen-bond donors (Lipinski definition) is 3. The molecule has 0 aliphatic rings. The first-order valence-electron chi connectivity index (χ1n) is 11.5. The summed E-state index contributed by atoms with van der Waals surface area (Å²) in [6.07, 6.45) is 0.842. The van der Waals surface area contributed by atoms with Gasteiger partial charge in [-0.25, -0.2) is 17.5 Å². The Morgan fingerprint density at radius 3 is 2.11 bits per heavy atom. The number of amides is 2. The van der Waals surface area contributed by atoms with Crippen LogP contribution in [0.4, 0.5) is 10.1 Å². The van der Waals surface area contributed by atoms with Gasteiger partial charge in [0.2, 0.25) is 15.9 Å². The van der Waals surface area contributed by atoms with Gasteiger partial charge in [0.05, 0.1) is 4.90 Å². The van der Waals surface area contributed by atoms with Gasteiger partial charge < -0.3 is 10.6 Å². The van der Waals surface area contributed by atoms with E-state index in [4.69, 9.17) is 0 Å². The number of carbonyl (C=O) groups excluding carboxylic acids is 2. The maximum Gasteiger partial charge on any atom is 0.251 e. The molecule has 0 saturated carbocycles. The van der Waals surface area contributed by atoms with E-state index in [0.29, 0.717) is 12.1 Å². The first-order valence-corrected chi connectivity index (χ1v) is 13.0. The molecule has 1 atom stereocenters. The average Bonchev–Trinajstić information content (AvgIpc) is 2.84. The summed E-state index contributed by atoms with van der Waals surface area (Å²) in [4.78, 5) is 25.9. The topological polar surface area (TPSA) is 104 Å². The Morgan fingerprint density at radius 1 is 0.917 bits per heavy atom. The lowest BCUT2D eigenvalue weighted by Gasteiger charge is -2.24. The summed E-state index contributed by atoms with van der Waals surface area (Å²) < 4.78 is 41.2. The van der Waals surface area contributed by atoms with E-state index in [2.05, 4.69) is 15.4 Å². The third-order valence-corrected chi connectivity index (χ3v) is 7.45. The molecule has 0 unspecified atom stereocenters. The van der Waals surface area contributed by atoms with Gasteiger partial charge >= 0.3 is 0 Å². The largest absolute Gasteiger partial charge is 0.340 e. The molecular formula is C27H30FN3O4S. The lowest BCUT2D eigenvalue weighted by atomic mass is 10.0. The van der Waals surface area contributed by atoms with Crippen molar-refractivity contribution in [3.63, 3.8) is 0 Å². The Labute approximate surface area is 211 Å². The number of rotatable bonds is 10. The molecule has 9 heteroatoms. The van der Waals surface area contributed by atoms with Gasteiger partial charge in [0, 0.05) is 23.2 Å². The molecule has 3 aromatic carbocycles. The van der Waals surface area contributed by atoms with Gasteiger partial charge in [-0.15, -0.1) is 0 Å². The van der Waals surface area contributed by atoms with Crippen LogP contribution in [0.1, 0.15) is 43.1 Å². The predicted octanol–water partition coefficient (Wildman–Crippen LogP) is 4.27. The first-order chi connectivity index (χ1) is 17.0. The van der Waals surface area contributed by atoms with Crippen LogP contribution in [-0.4, -0.2) is 31.8 Å². The fourth-order valence-corrected chi connectivity index (χ4v) is 4.83. The van der Waals surface area contributed by atoms with Crippen LogP contribution in [0, 0.1) is 5.82 Å². The standard InChI is InChI=1S/C27H30FN3O4S/c1-4-27(2,3)31-36(34,35)23-16-14-22(15-17-23)29-26(33)24(18-19-8-6-5-7-9-19)30-25(32)20-10-12-21(28)13-11-20/h5-17,24,31H,4,18H2,1-3H3,(H,29,33)(H,30,32)/t24-/m0/s1. The van der Waals surface area contributed by atoms with Crippen LogP contribution >= 0.6 is 0 Å². The number of carbonyl (C=O) groups is 2. The van der Waals surface area contributed by atoms with Crippen molar-refractivity contribution in [1.29, 1.82) is 0 Å². The molecule has 190 valence electrons. The van der Waals surface area contributed by atoms with E-state index >= 15 is 0 Å². The summed E-state index contributed by atoms with van der Waals surface area (Å²) in [6.45, 7) is 5.49. The second kappa shape index (κ2) is 11.5. The minimum Gasteiger partial charge on any atom is -0.340 e. The number of hydrogen-bond acceptors (Lipinski definition) is 4. The molecule has 0 radical (unpaired) electrons. The molecule has 3 aromatic rings. The molecular weight excluding hydrogens is 481 g/mol. The van der Waals surface area contributed by atoms with Crippen LogP contribution in [0.2, 0.25) is 0 Å². The van der Waals surface area contributed by atoms with E-state index < -0.39 is 39.2 Å². The summed E-state index contributed by atoms with van der Waals surface area (Å²) in [5.74, 6) is -1.46. The summed E-state index contributed by atoms with van der Waals surface area (Å²) in [7, 11) is -3.73. The van der Waals surface area contributed by atoms with Gasteiger partial charge in [-0.1, -0.05) is 37.3 Å². The Balaban J connectivity index is 1.76. The van der Waals surface area contributed by atoms with E-state index in [1.807, 2.05) is 37.3 Å². The highest BCUT2D eigenvalue weighted by Crippen LogP contribution is 2.18. The van der Waals surface area contributed by atoms with E-state index in [9.17, 15) is 22.4 Å². The zero-order valence-electron chi connectivity index (χ0n) is 20.4. The third kappa shape index (κ3) is 7.47. The Morgan fingerprint density at radius 2 is 1.53 bits per heavy atom. The van der Waals surface area contributed by atoms with Gasteiger partial charge in [-0.05, 0) is 74.4 Å². The molecule has 0 saturated heterocycles. The van der Waals surface area contributed by atoms with E-state index in [1.54, 1.807) is 13.8 Å². The first kappa shape index (κ1) is 27.0. The fourth-order valence-electron chi connectivity index (χ4n) is 3.34. The molecule has 0 heterocycles. The molecule has 3 rings (SSSR count). The van der Waals surface area contributed by atoms with Crippen molar-refractivity contribution in [3.8, 4) is 0 Å². The van der Waals surface area contributed by atoms with Crippen LogP contribution in [0.3, 0.4) is 0 Å². The molecule has 36 heavy (non-hydrogen) atoms. The van der Waals surface area contributed by atoms with E-state index in [-0.39, 0.29) is 16.9 Å². The molecule has 0 aliphatic carbocycles. The van der Waals surface area contributed by atoms with Gasteiger partial charge in [0.1, 0.15) is 11.9 Å². The molecule has 0 bridgehead atoms. The quantitative estimate of drug-likeness (QED) is 0.378. The third-order valence-electron chi connectivity index (χ3n) is 5.74. The number of nitrogens with one attached hydrogen (secondary N) is 3. The van der Waals surface area contributed by atoms with Gasteiger partial charge in [0.15, 0.2) is 0 Å². The van der Waals surface area contributed by atoms with Crippen molar-refractivity contribution in [2.45, 2.75) is 50.1 Å². The maximum absolute atomic E-state index is 13.2. The van der Waals surface area contributed by atoms with Crippen LogP contribution in [-0.2, 0) is 21.2 Å². The predicted molar refractivity (Wildman–Crippen MR) is 138 cm³/mol. The minimum absolute atomic E-state index is 0.0764. The fraction of sp³-hybridized carbons (Fsp3) is 0.259. The Kier molecular flexibility index (Phi) is 8.60. The molecule has 7 nitrogen and oxygen atoms in total. The van der Waals surface area contributed by atoms with Crippen molar-refractivity contribution in [1.82, 2.24) is 10.0 Å². The summed E-state index contributed by atoms with van der Waals surface area (Å²) in [5, 5.41) is 5.45. The second-order valence-electron chi connectivity index (χ2n) is 9.08. The molecule has 0 aliphatic heterocycles. The maximum atomic E-state index is 13.2. The zero-order valence-corrected chi connectivity index (χ0v) is 21.2. The number of anilines is 1. The van der Waals surface area contributed by atoms with Gasteiger partial charge in [-0.2, -0.15) is 0 Å². The van der Waals surface area contributed by atoms with Gasteiger partial charge in [-0.3, -0.25) is 9.59 Å². The number of sulfonamides is 1. The minimum atomic E-state index is -3.73. The van der Waals surface area contributed by atoms with Crippen LogP contribution < -0.4 is 15.4 Å². The highest BCUT2D eigenvalue weighted by molar-refractivity contribution is 7.89. The highest BCUT2D eigenvalue weighted by Gasteiger charge is 2.25. The van der Waals surface area contributed by atoms with Crippen molar-refractivity contribution in [2.24, 2.45) is 0 Å². The van der Waals surface area contributed by atoms with Crippen molar-refractivity contribution >= 4 is 27.5 Å². The molecule has 0 aromatic heterocycles. The number of benzene rings is 3. The smallest absolute Gasteiger partial charge is 0.251 e. The molecule has 0 spiro atoms. The van der Waals surface area contributed by atoms with Crippen molar-refractivity contribution < 1.29 is 22.4 Å². The molecule has 3 N–H and O–H groups in total. The Bertz CT molecular complexity index is 1290. The van der Waals surface area contributed by atoms with Crippen LogP contribution in [0.25, 0.3) is 0 Å². The summed E-state index contributed by atoms with van der Waals surface area (Å²) in [6, 6.07) is 19.1. The molecule has 0 fully saturated rings. The summed E-state index contributed by atoms with van der Waals surface area (Å²) in [5.41, 5.74) is 0.837. The highest BCUT2D eigenvalue weighted by atomic mass is 32.2. The average molecular weight is 512 g/mol. The van der Waals surface area contributed by atoms with Crippen LogP contribution in [0.5, 0.6) is 0 Å². The number of halogens is 1. The van der Waals surface area contributed by atoms with E-state index in [1.165, 1.54) is 48.5 Å². The monoisotopic (exact) mass is 511 g/mol. The molecule has 2 amide bonds. The lowest BCUT2D eigenvalue weighted by molar-refractivity contribution is -0.118.